The van der Waals surface area contributed by atoms with Gasteiger partial charge in [0.15, 0.2) is 0 Å². The quantitative estimate of drug-likeness (QED) is 0.842. The average Bonchev–Trinajstić information content (AvgIpc) is 3.24. The molecule has 0 bridgehead atoms. The normalized spacial score (nSPS) is 32.0. The van der Waals surface area contributed by atoms with Crippen molar-refractivity contribution in [3.63, 3.8) is 0 Å². The van der Waals surface area contributed by atoms with E-state index >= 15 is 0 Å². The second kappa shape index (κ2) is 7.14. The van der Waals surface area contributed by atoms with Crippen LogP contribution in [0.4, 0.5) is 0 Å². The molecule has 1 amide bonds. The Hall–Kier alpha value is -0.910. The average molecular weight is 349 g/mol. The van der Waals surface area contributed by atoms with Crippen LogP contribution < -0.4 is 0 Å². The Morgan fingerprint density at radius 1 is 1.29 bits per heavy atom. The molecular formula is C19H28N2O2S. The number of fused-ring (bicyclic) bond motifs is 1. The lowest BCUT2D eigenvalue weighted by molar-refractivity contribution is -0.145. The first-order valence-electron chi connectivity index (χ1n) is 9.36. The maximum atomic E-state index is 12.8. The third-order valence-electron chi connectivity index (χ3n) is 5.99. The van der Waals surface area contributed by atoms with Crippen LogP contribution in [0.25, 0.3) is 0 Å². The summed E-state index contributed by atoms with van der Waals surface area (Å²) in [6.45, 7) is 7.23. The standard InChI is InChI=1S/C19H28N2O2S/c1-14-2-7-21(8-3-14)19(22)17-10-16-4-6-20(12-18(16)23-17)11-15-5-9-24-13-15/h5,9,13-14,16-18H,2-4,6-8,10-12H2,1H3/t16-,17-,18+/m0/s1. The number of carbonyl (C=O) groups excluding carboxylic acids is 1. The minimum atomic E-state index is -0.186. The van der Waals surface area contributed by atoms with Gasteiger partial charge in [-0.25, -0.2) is 0 Å². The Labute approximate surface area is 148 Å². The van der Waals surface area contributed by atoms with Gasteiger partial charge in [0.05, 0.1) is 6.10 Å². The monoisotopic (exact) mass is 348 g/mol. The van der Waals surface area contributed by atoms with Crippen LogP contribution in [0.2, 0.25) is 0 Å². The van der Waals surface area contributed by atoms with E-state index < -0.39 is 0 Å². The summed E-state index contributed by atoms with van der Waals surface area (Å²) < 4.78 is 6.23. The molecule has 3 fully saturated rings. The lowest BCUT2D eigenvalue weighted by Crippen LogP contribution is -2.44. The number of amides is 1. The first-order valence-corrected chi connectivity index (χ1v) is 10.3. The van der Waals surface area contributed by atoms with Crippen LogP contribution in [-0.4, -0.2) is 54.1 Å². The molecule has 4 rings (SSSR count). The molecule has 0 saturated carbocycles. The number of likely N-dealkylation sites (tertiary alicyclic amines) is 2. The highest BCUT2D eigenvalue weighted by molar-refractivity contribution is 7.07. The smallest absolute Gasteiger partial charge is 0.251 e. The molecule has 3 saturated heterocycles. The van der Waals surface area contributed by atoms with E-state index in [4.69, 9.17) is 4.74 Å². The summed E-state index contributed by atoms with van der Waals surface area (Å²) in [5.41, 5.74) is 1.39. The van der Waals surface area contributed by atoms with Crippen molar-refractivity contribution >= 4 is 17.2 Å². The van der Waals surface area contributed by atoms with E-state index in [9.17, 15) is 4.79 Å². The Morgan fingerprint density at radius 2 is 2.12 bits per heavy atom. The molecule has 1 aromatic heterocycles. The van der Waals surface area contributed by atoms with Crippen LogP contribution in [0.5, 0.6) is 0 Å². The van der Waals surface area contributed by atoms with Gasteiger partial charge < -0.3 is 9.64 Å². The van der Waals surface area contributed by atoms with E-state index in [-0.39, 0.29) is 18.1 Å². The molecule has 0 N–H and O–H groups in total. The summed E-state index contributed by atoms with van der Waals surface area (Å²) >= 11 is 1.76. The van der Waals surface area contributed by atoms with Crippen molar-refractivity contribution in [2.45, 2.75) is 51.4 Å². The van der Waals surface area contributed by atoms with Gasteiger partial charge in [0.1, 0.15) is 6.10 Å². The largest absolute Gasteiger partial charge is 0.364 e. The number of nitrogens with zero attached hydrogens (tertiary/aromatic N) is 2. The molecule has 0 unspecified atom stereocenters. The highest BCUT2D eigenvalue weighted by atomic mass is 32.1. The summed E-state index contributed by atoms with van der Waals surface area (Å²) in [5, 5.41) is 4.37. The maximum absolute atomic E-state index is 12.8. The first-order chi connectivity index (χ1) is 11.7. The second-order valence-electron chi connectivity index (χ2n) is 7.82. The van der Waals surface area contributed by atoms with E-state index in [1.165, 1.54) is 5.56 Å². The molecule has 0 aromatic carbocycles. The van der Waals surface area contributed by atoms with Crippen LogP contribution in [0.3, 0.4) is 0 Å². The molecule has 24 heavy (non-hydrogen) atoms. The maximum Gasteiger partial charge on any atom is 0.251 e. The molecule has 3 atom stereocenters. The summed E-state index contributed by atoms with van der Waals surface area (Å²) in [4.78, 5) is 17.3. The van der Waals surface area contributed by atoms with Gasteiger partial charge in [-0.15, -0.1) is 0 Å². The molecule has 3 aliphatic rings. The molecule has 0 aliphatic carbocycles. The van der Waals surface area contributed by atoms with Crippen LogP contribution in [-0.2, 0) is 16.1 Å². The summed E-state index contributed by atoms with van der Waals surface area (Å²) in [6, 6.07) is 2.20. The third-order valence-corrected chi connectivity index (χ3v) is 6.73. The zero-order chi connectivity index (χ0) is 16.5. The fraction of sp³-hybridized carbons (Fsp3) is 0.737. The molecule has 0 radical (unpaired) electrons. The Balaban J connectivity index is 1.31. The van der Waals surface area contributed by atoms with Gasteiger partial charge in [0.2, 0.25) is 0 Å². The molecule has 4 heterocycles. The van der Waals surface area contributed by atoms with E-state index in [1.54, 1.807) is 11.3 Å². The minimum absolute atomic E-state index is 0.186. The number of hydrogen-bond donors (Lipinski definition) is 0. The van der Waals surface area contributed by atoms with Crippen molar-refractivity contribution in [2.24, 2.45) is 11.8 Å². The Morgan fingerprint density at radius 3 is 2.88 bits per heavy atom. The van der Waals surface area contributed by atoms with Crippen molar-refractivity contribution in [3.8, 4) is 0 Å². The third kappa shape index (κ3) is 3.53. The van der Waals surface area contributed by atoms with E-state index in [2.05, 4.69) is 28.7 Å². The zero-order valence-electron chi connectivity index (χ0n) is 14.5. The molecule has 132 valence electrons. The molecular weight excluding hydrogens is 320 g/mol. The fourth-order valence-electron chi connectivity index (χ4n) is 4.37. The molecule has 4 nitrogen and oxygen atoms in total. The van der Waals surface area contributed by atoms with E-state index in [0.29, 0.717) is 5.92 Å². The molecule has 0 spiro atoms. The van der Waals surface area contributed by atoms with E-state index in [1.807, 2.05) is 4.90 Å². The number of thiophene rings is 1. The second-order valence-corrected chi connectivity index (χ2v) is 8.60. The molecule has 1 aromatic rings. The summed E-state index contributed by atoms with van der Waals surface area (Å²) in [6.07, 6.45) is 4.43. The zero-order valence-corrected chi connectivity index (χ0v) is 15.3. The predicted molar refractivity (Wildman–Crippen MR) is 96.0 cm³/mol. The lowest BCUT2D eigenvalue weighted by atomic mass is 9.91. The van der Waals surface area contributed by atoms with Gasteiger partial charge in [0, 0.05) is 26.2 Å². The van der Waals surface area contributed by atoms with Crippen molar-refractivity contribution < 1.29 is 9.53 Å². The highest BCUT2D eigenvalue weighted by Crippen LogP contribution is 2.35. The van der Waals surface area contributed by atoms with Gasteiger partial charge in [-0.1, -0.05) is 6.92 Å². The van der Waals surface area contributed by atoms with Gasteiger partial charge >= 0.3 is 0 Å². The van der Waals surface area contributed by atoms with Gasteiger partial charge in [-0.3, -0.25) is 9.69 Å². The van der Waals surface area contributed by atoms with Gasteiger partial charge in [0.25, 0.3) is 5.91 Å². The summed E-state index contributed by atoms with van der Waals surface area (Å²) in [5.74, 6) is 1.58. The Bertz CT molecular complexity index is 554. The predicted octanol–water partition coefficient (Wildman–Crippen LogP) is 2.99. The number of carbonyl (C=O) groups is 1. The molecule has 5 heteroatoms. The van der Waals surface area contributed by atoms with Crippen LogP contribution in [0, 0.1) is 11.8 Å². The van der Waals surface area contributed by atoms with Crippen LogP contribution in [0.15, 0.2) is 16.8 Å². The lowest BCUT2D eigenvalue weighted by Gasteiger charge is -2.34. The van der Waals surface area contributed by atoms with Crippen molar-refractivity contribution in [1.29, 1.82) is 0 Å². The topological polar surface area (TPSA) is 32.8 Å². The highest BCUT2D eigenvalue weighted by Gasteiger charge is 2.43. The first kappa shape index (κ1) is 16.6. The van der Waals surface area contributed by atoms with Gasteiger partial charge in [-0.2, -0.15) is 11.3 Å². The molecule has 3 aliphatic heterocycles. The van der Waals surface area contributed by atoms with Crippen molar-refractivity contribution in [1.82, 2.24) is 9.80 Å². The fourth-order valence-corrected chi connectivity index (χ4v) is 5.03. The van der Waals surface area contributed by atoms with E-state index in [0.717, 1.165) is 64.3 Å². The number of hydrogen-bond acceptors (Lipinski definition) is 4. The minimum Gasteiger partial charge on any atom is -0.364 e. The summed E-state index contributed by atoms with van der Waals surface area (Å²) in [7, 11) is 0. The number of ether oxygens (including phenoxy) is 1. The van der Waals surface area contributed by atoms with Crippen molar-refractivity contribution in [2.75, 3.05) is 26.2 Å². The van der Waals surface area contributed by atoms with Crippen LogP contribution in [0.1, 0.15) is 38.2 Å². The number of rotatable bonds is 3. The van der Waals surface area contributed by atoms with Gasteiger partial charge in [-0.05, 0) is 66.5 Å². The van der Waals surface area contributed by atoms with Crippen LogP contribution >= 0.6 is 11.3 Å². The SMILES string of the molecule is CC1CCN(C(=O)[C@@H]2C[C@@H]3CCN(Cc4ccsc4)C[C@H]3O2)CC1. The Kier molecular flexibility index (Phi) is 4.93. The number of piperidine rings is 2. The van der Waals surface area contributed by atoms with Crippen molar-refractivity contribution in [3.05, 3.63) is 22.4 Å².